The lowest BCUT2D eigenvalue weighted by Crippen LogP contribution is -2.66. The van der Waals surface area contributed by atoms with Gasteiger partial charge in [-0.2, -0.15) is 13.2 Å². The number of hydrogen-bond donors (Lipinski definition) is 1. The molecular formula is C23H26ClN3O12S2. The van der Waals surface area contributed by atoms with Crippen LogP contribution in [0.25, 0.3) is 0 Å². The van der Waals surface area contributed by atoms with E-state index in [1.165, 1.54) is 24.3 Å². The summed E-state index contributed by atoms with van der Waals surface area (Å²) in [4.78, 5) is 63.4. The molecule has 2 saturated heterocycles. The van der Waals surface area contributed by atoms with Gasteiger partial charge in [0, 0.05) is 32.7 Å². The molecule has 0 saturated carbocycles. The van der Waals surface area contributed by atoms with Gasteiger partial charge in [-0.3, -0.25) is 28.9 Å². The van der Waals surface area contributed by atoms with E-state index in [4.69, 9.17) is 35.3 Å². The van der Waals surface area contributed by atoms with Crippen molar-refractivity contribution in [2.75, 3.05) is 12.4 Å². The second-order valence-electron chi connectivity index (χ2n) is 8.59. The molecule has 0 spiro atoms. The largest absolute Gasteiger partial charge is 0.463 e. The zero-order valence-corrected chi connectivity index (χ0v) is 24.5. The Morgan fingerprint density at radius 2 is 1.54 bits per heavy atom. The van der Waals surface area contributed by atoms with E-state index < -0.39 is 77.1 Å². The van der Waals surface area contributed by atoms with Crippen LogP contribution in [0.3, 0.4) is 0 Å². The molecule has 3 rings (SSSR count). The van der Waals surface area contributed by atoms with E-state index in [0.29, 0.717) is 5.02 Å². The Balaban J connectivity index is 2.04. The van der Waals surface area contributed by atoms with Crippen LogP contribution in [0.4, 0.5) is 0 Å². The summed E-state index contributed by atoms with van der Waals surface area (Å²) in [7, 11) is -4.20. The normalized spacial score (nSPS) is 25.4. The van der Waals surface area contributed by atoms with Crippen molar-refractivity contribution in [1.82, 2.24) is 9.73 Å². The number of thioether (sulfide) groups is 1. The number of ether oxygens (including phenoxy) is 5. The molecule has 1 aromatic rings. The van der Waals surface area contributed by atoms with Gasteiger partial charge >= 0.3 is 23.9 Å². The average molecular weight is 636 g/mol. The van der Waals surface area contributed by atoms with Gasteiger partial charge in [0.1, 0.15) is 12.7 Å². The number of nitrogens with zero attached hydrogens (tertiary/aromatic N) is 2. The second-order valence-corrected chi connectivity index (χ2v) is 11.6. The fourth-order valence-corrected chi connectivity index (χ4v) is 5.72. The predicted octanol–water partition coefficient (Wildman–Crippen LogP) is 0.548. The molecular weight excluding hydrogens is 610 g/mol. The molecule has 224 valence electrons. The zero-order chi connectivity index (χ0) is 30.5. The maximum absolute atomic E-state index is 13.0. The van der Waals surface area contributed by atoms with Crippen LogP contribution in [0.1, 0.15) is 27.7 Å². The van der Waals surface area contributed by atoms with E-state index in [0.717, 1.165) is 44.4 Å². The van der Waals surface area contributed by atoms with Gasteiger partial charge in [0.25, 0.3) is 10.0 Å². The topological polar surface area (TPSA) is 193 Å². The quantitative estimate of drug-likeness (QED) is 0.225. The molecule has 0 radical (unpaired) electrons. The molecule has 1 N–H and O–H groups in total. The maximum atomic E-state index is 13.0. The van der Waals surface area contributed by atoms with E-state index in [1.807, 2.05) is 4.83 Å². The van der Waals surface area contributed by atoms with Crippen molar-refractivity contribution in [2.45, 2.75) is 63.2 Å². The third kappa shape index (κ3) is 8.31. The number of sulfonamides is 1. The molecule has 15 nitrogen and oxygen atoms in total. The van der Waals surface area contributed by atoms with Gasteiger partial charge in [-0.05, 0) is 24.3 Å². The molecule has 2 fully saturated rings. The Morgan fingerprint density at radius 1 is 0.976 bits per heavy atom. The van der Waals surface area contributed by atoms with Gasteiger partial charge in [0.15, 0.2) is 29.7 Å². The molecule has 0 aliphatic carbocycles. The molecule has 0 bridgehead atoms. The predicted molar refractivity (Wildman–Crippen MR) is 140 cm³/mol. The highest BCUT2D eigenvalue weighted by Gasteiger charge is 2.56. The summed E-state index contributed by atoms with van der Waals surface area (Å²) in [5, 5.41) is 3.99. The first-order valence-corrected chi connectivity index (χ1v) is 14.6. The number of esters is 4. The average Bonchev–Trinajstić information content (AvgIpc) is 3.23. The van der Waals surface area contributed by atoms with Crippen LogP contribution in [0.5, 0.6) is 0 Å². The van der Waals surface area contributed by atoms with E-state index >= 15 is 0 Å². The van der Waals surface area contributed by atoms with E-state index in [2.05, 4.69) is 5.10 Å². The fourth-order valence-electron chi connectivity index (χ4n) is 3.89. The van der Waals surface area contributed by atoms with Gasteiger partial charge in [-0.1, -0.05) is 23.4 Å². The Kier molecular flexibility index (Phi) is 10.6. The zero-order valence-electron chi connectivity index (χ0n) is 22.1. The summed E-state index contributed by atoms with van der Waals surface area (Å²) in [6, 6.07) is 5.21. The molecule has 0 aromatic heterocycles. The summed E-state index contributed by atoms with van der Waals surface area (Å²) in [6.07, 6.45) is -7.48. The summed E-state index contributed by atoms with van der Waals surface area (Å²) >= 11 is 6.66. The first kappa shape index (κ1) is 32.1. The number of hydrogen-bond acceptors (Lipinski definition) is 14. The maximum Gasteiger partial charge on any atom is 0.303 e. The standard InChI is InChI=1S/C23H26ClN3O12S2/c1-11(28)35-9-17-19(36-12(2)29)20(37-13(3)30)21(38-14(4)31)22(39-17)27-18(32)10-40-23(27)25-26-41(33,34)16-7-5-15(24)6-8-16/h5-8,17,19-22,26H,9-10H2,1-4H3/b25-23-/t17-,19-,20+,21-,22-/m1/s1. The summed E-state index contributed by atoms with van der Waals surface area (Å²) in [5.74, 6) is -4.13. The number of hydrazone groups is 1. The molecule has 41 heavy (non-hydrogen) atoms. The number of benzene rings is 1. The fraction of sp³-hybridized carbons (Fsp3) is 0.478. The molecule has 18 heteroatoms. The lowest BCUT2D eigenvalue weighted by molar-refractivity contribution is -0.268. The van der Waals surface area contributed by atoms with Gasteiger partial charge in [0.05, 0.1) is 10.6 Å². The van der Waals surface area contributed by atoms with Crippen LogP contribution >= 0.6 is 23.4 Å². The van der Waals surface area contributed by atoms with Crippen LogP contribution < -0.4 is 4.83 Å². The van der Waals surface area contributed by atoms with Crippen molar-refractivity contribution < 1.29 is 56.1 Å². The third-order valence-electron chi connectivity index (χ3n) is 5.41. The lowest BCUT2D eigenvalue weighted by atomic mass is 9.96. The smallest absolute Gasteiger partial charge is 0.303 e. The van der Waals surface area contributed by atoms with Gasteiger partial charge < -0.3 is 23.7 Å². The summed E-state index contributed by atoms with van der Waals surface area (Å²) < 4.78 is 52.6. The Labute approximate surface area is 243 Å². The minimum absolute atomic E-state index is 0.167. The summed E-state index contributed by atoms with van der Waals surface area (Å²) in [6.45, 7) is 3.77. The van der Waals surface area contributed by atoms with Gasteiger partial charge in [-0.15, -0.1) is 5.10 Å². The number of amidine groups is 1. The van der Waals surface area contributed by atoms with Gasteiger partial charge in [-0.25, -0.2) is 0 Å². The number of nitrogens with one attached hydrogen (secondary N) is 1. The molecule has 5 atom stereocenters. The number of halogens is 1. The highest BCUT2D eigenvalue weighted by molar-refractivity contribution is 8.15. The van der Waals surface area contributed by atoms with Crippen LogP contribution in [-0.2, 0) is 57.7 Å². The molecule has 1 amide bonds. The number of carbonyl (C=O) groups is 5. The van der Waals surface area contributed by atoms with Crippen molar-refractivity contribution in [3.05, 3.63) is 29.3 Å². The molecule has 2 aliphatic rings. The summed E-state index contributed by atoms with van der Waals surface area (Å²) in [5.41, 5.74) is 0. The Hall–Kier alpha value is -3.41. The minimum Gasteiger partial charge on any atom is -0.463 e. The molecule has 2 heterocycles. The highest BCUT2D eigenvalue weighted by atomic mass is 35.5. The Morgan fingerprint density at radius 3 is 2.10 bits per heavy atom. The lowest BCUT2D eigenvalue weighted by Gasteiger charge is -2.46. The third-order valence-corrected chi connectivity index (χ3v) is 7.82. The molecule has 2 aliphatic heterocycles. The van der Waals surface area contributed by atoms with Crippen molar-refractivity contribution in [2.24, 2.45) is 5.10 Å². The second kappa shape index (κ2) is 13.5. The van der Waals surface area contributed by atoms with Gasteiger partial charge in [0.2, 0.25) is 5.91 Å². The van der Waals surface area contributed by atoms with Crippen molar-refractivity contribution in [1.29, 1.82) is 0 Å². The van der Waals surface area contributed by atoms with Crippen molar-refractivity contribution >= 4 is 68.3 Å². The van der Waals surface area contributed by atoms with Crippen molar-refractivity contribution in [3.8, 4) is 0 Å². The first-order valence-electron chi connectivity index (χ1n) is 11.8. The van der Waals surface area contributed by atoms with E-state index in [9.17, 15) is 32.4 Å². The van der Waals surface area contributed by atoms with Crippen LogP contribution in [0, 0.1) is 0 Å². The van der Waals surface area contributed by atoms with Crippen LogP contribution in [-0.4, -0.2) is 91.3 Å². The number of amides is 1. The number of rotatable bonds is 9. The molecule has 1 aromatic carbocycles. The Bertz CT molecular complexity index is 1340. The highest BCUT2D eigenvalue weighted by Crippen LogP contribution is 2.34. The number of carbonyl (C=O) groups excluding carboxylic acids is 5. The van der Waals surface area contributed by atoms with Crippen LogP contribution in [0.15, 0.2) is 34.3 Å². The van der Waals surface area contributed by atoms with Crippen LogP contribution in [0.2, 0.25) is 5.02 Å². The first-order chi connectivity index (χ1) is 19.2. The SMILES string of the molecule is CC(=O)OC[C@H]1O[C@@H](N2C(=O)CS/C2=N\NS(=O)(=O)c2ccc(Cl)cc2)[C@H](OC(C)=O)[C@@H](OC(C)=O)[C@@H]1OC(C)=O. The molecule has 0 unspecified atom stereocenters. The minimum atomic E-state index is -4.20. The van der Waals surface area contributed by atoms with Crippen molar-refractivity contribution in [3.63, 3.8) is 0 Å². The monoisotopic (exact) mass is 635 g/mol. The van der Waals surface area contributed by atoms with E-state index in [-0.39, 0.29) is 15.8 Å². The van der Waals surface area contributed by atoms with E-state index in [1.54, 1.807) is 0 Å².